The van der Waals surface area contributed by atoms with Crippen molar-refractivity contribution in [2.45, 2.75) is 52.1 Å². The van der Waals surface area contributed by atoms with Gasteiger partial charge in [0.15, 0.2) is 17.5 Å². The van der Waals surface area contributed by atoms with Crippen LogP contribution in [0.4, 0.5) is 0 Å². The topological polar surface area (TPSA) is 64.1 Å². The molecule has 0 unspecified atom stereocenters. The molecule has 1 aliphatic carbocycles. The van der Waals surface area contributed by atoms with Gasteiger partial charge in [-0.1, -0.05) is 12.8 Å². The Hall–Kier alpha value is -2.11. The lowest BCUT2D eigenvalue weighted by atomic mass is 10.2. The first kappa shape index (κ1) is 19.2. The van der Waals surface area contributed by atoms with Gasteiger partial charge >= 0.3 is 0 Å². The summed E-state index contributed by atoms with van der Waals surface area (Å²) in [4.78, 5) is 4.72. The van der Waals surface area contributed by atoms with E-state index in [-0.39, 0.29) is 0 Å². The summed E-state index contributed by atoms with van der Waals surface area (Å²) in [5.41, 5.74) is 1.01. The van der Waals surface area contributed by atoms with E-state index < -0.39 is 0 Å². The lowest BCUT2D eigenvalue weighted by Gasteiger charge is -2.17. The average molecular weight is 349 g/mol. The Morgan fingerprint density at radius 2 is 1.76 bits per heavy atom. The Labute approximate surface area is 151 Å². The van der Waals surface area contributed by atoms with Crippen LogP contribution in [0, 0.1) is 0 Å². The Kier molecular flexibility index (Phi) is 7.70. The molecule has 2 N–H and O–H groups in total. The van der Waals surface area contributed by atoms with Gasteiger partial charge in [-0.05, 0) is 44.4 Å². The Balaban J connectivity index is 2.15. The first-order valence-electron chi connectivity index (χ1n) is 9.14. The monoisotopic (exact) mass is 349 g/mol. The maximum atomic E-state index is 5.65. The van der Waals surface area contributed by atoms with Crippen LogP contribution in [0.25, 0.3) is 0 Å². The lowest BCUT2D eigenvalue weighted by Crippen LogP contribution is -2.42. The van der Waals surface area contributed by atoms with Gasteiger partial charge in [-0.3, -0.25) is 0 Å². The van der Waals surface area contributed by atoms with Gasteiger partial charge < -0.3 is 24.8 Å². The second kappa shape index (κ2) is 10.0. The van der Waals surface area contributed by atoms with Crippen LogP contribution >= 0.6 is 0 Å². The van der Waals surface area contributed by atoms with E-state index in [1.54, 1.807) is 14.2 Å². The molecule has 0 bridgehead atoms. The fraction of sp³-hybridized carbons (Fsp3) is 0.632. The molecular weight excluding hydrogens is 318 g/mol. The zero-order valence-electron chi connectivity index (χ0n) is 15.9. The maximum absolute atomic E-state index is 5.65. The van der Waals surface area contributed by atoms with Gasteiger partial charge in [-0.2, -0.15) is 0 Å². The molecule has 0 spiro atoms. The minimum atomic E-state index is 0.530. The number of rotatable bonds is 8. The van der Waals surface area contributed by atoms with Crippen molar-refractivity contribution in [1.82, 2.24) is 10.6 Å². The average Bonchev–Trinajstić information content (AvgIpc) is 3.13. The summed E-state index contributed by atoms with van der Waals surface area (Å²) >= 11 is 0. The summed E-state index contributed by atoms with van der Waals surface area (Å²) in [5.74, 6) is 2.83. The Morgan fingerprint density at radius 1 is 1.12 bits per heavy atom. The highest BCUT2D eigenvalue weighted by Crippen LogP contribution is 2.38. The molecular formula is C19H31N3O3. The van der Waals surface area contributed by atoms with Crippen molar-refractivity contribution in [2.75, 3.05) is 27.4 Å². The van der Waals surface area contributed by atoms with Crippen molar-refractivity contribution >= 4 is 5.96 Å². The summed E-state index contributed by atoms with van der Waals surface area (Å²) in [6.07, 6.45) is 5.03. The minimum absolute atomic E-state index is 0.530. The quantitative estimate of drug-likeness (QED) is 0.558. The van der Waals surface area contributed by atoms with Crippen molar-refractivity contribution in [3.63, 3.8) is 0 Å². The van der Waals surface area contributed by atoms with E-state index in [9.17, 15) is 0 Å². The number of nitrogens with one attached hydrogen (secondary N) is 2. The normalized spacial score (nSPS) is 15.1. The molecule has 1 saturated carbocycles. The van der Waals surface area contributed by atoms with E-state index in [2.05, 4.69) is 17.6 Å². The van der Waals surface area contributed by atoms with Crippen molar-refractivity contribution in [1.29, 1.82) is 0 Å². The van der Waals surface area contributed by atoms with E-state index in [1.807, 2.05) is 19.1 Å². The fourth-order valence-corrected chi connectivity index (χ4v) is 3.07. The number of guanidine groups is 1. The summed E-state index contributed by atoms with van der Waals surface area (Å²) in [7, 11) is 3.27. The summed E-state index contributed by atoms with van der Waals surface area (Å²) in [5, 5.41) is 6.85. The van der Waals surface area contributed by atoms with Gasteiger partial charge in [-0.25, -0.2) is 4.99 Å². The highest BCUT2D eigenvalue weighted by atomic mass is 16.5. The molecule has 2 rings (SSSR count). The second-order valence-corrected chi connectivity index (χ2v) is 6.08. The third-order valence-electron chi connectivity index (χ3n) is 4.27. The van der Waals surface area contributed by atoms with E-state index in [4.69, 9.17) is 19.2 Å². The summed E-state index contributed by atoms with van der Waals surface area (Å²) in [6.45, 7) is 5.96. The number of benzene rings is 1. The summed E-state index contributed by atoms with van der Waals surface area (Å²) in [6, 6.07) is 4.44. The van der Waals surface area contributed by atoms with Crippen molar-refractivity contribution in [3.8, 4) is 17.2 Å². The van der Waals surface area contributed by atoms with E-state index in [0.717, 1.165) is 18.1 Å². The molecule has 0 heterocycles. The predicted molar refractivity (Wildman–Crippen MR) is 101 cm³/mol. The van der Waals surface area contributed by atoms with Crippen molar-refractivity contribution < 1.29 is 14.2 Å². The molecule has 1 aliphatic rings. The zero-order valence-corrected chi connectivity index (χ0v) is 15.9. The number of ether oxygens (including phenoxy) is 3. The minimum Gasteiger partial charge on any atom is -0.493 e. The van der Waals surface area contributed by atoms with E-state index >= 15 is 0 Å². The molecule has 6 nitrogen and oxygen atoms in total. The first-order chi connectivity index (χ1) is 12.2. The molecule has 1 aromatic carbocycles. The number of nitrogens with zero attached hydrogens (tertiary/aromatic N) is 1. The number of aliphatic imine (C=N–C) groups is 1. The van der Waals surface area contributed by atoms with Crippen LogP contribution in [0.5, 0.6) is 17.2 Å². The molecule has 0 saturated heterocycles. The van der Waals surface area contributed by atoms with E-state index in [1.165, 1.54) is 25.7 Å². The van der Waals surface area contributed by atoms with E-state index in [0.29, 0.717) is 36.4 Å². The highest BCUT2D eigenvalue weighted by Gasteiger charge is 2.16. The van der Waals surface area contributed by atoms with Crippen LogP contribution in [0.15, 0.2) is 17.1 Å². The molecule has 1 fully saturated rings. The van der Waals surface area contributed by atoms with Crippen LogP contribution in [0.1, 0.15) is 45.1 Å². The molecule has 0 atom stereocenters. The molecule has 0 aliphatic heterocycles. The number of hydrogen-bond acceptors (Lipinski definition) is 4. The molecule has 1 aromatic rings. The van der Waals surface area contributed by atoms with Crippen LogP contribution in [-0.4, -0.2) is 39.4 Å². The SMILES string of the molecule is CCNC(=NCc1cc(OC)c(OCC)c(OC)c1)NC1CCCC1. The zero-order chi connectivity index (χ0) is 18.1. The van der Waals surface area contributed by atoms with Gasteiger partial charge in [-0.15, -0.1) is 0 Å². The van der Waals surface area contributed by atoms with Crippen LogP contribution in [0.3, 0.4) is 0 Å². The standard InChI is InChI=1S/C19H31N3O3/c1-5-20-19(22-15-9-7-8-10-15)21-13-14-11-16(23-3)18(25-6-2)17(12-14)24-4/h11-12,15H,5-10,13H2,1-4H3,(H2,20,21,22). The highest BCUT2D eigenvalue weighted by molar-refractivity contribution is 5.80. The largest absolute Gasteiger partial charge is 0.493 e. The first-order valence-corrected chi connectivity index (χ1v) is 9.14. The molecule has 0 amide bonds. The van der Waals surface area contributed by atoms with Crippen LogP contribution in [0.2, 0.25) is 0 Å². The Morgan fingerprint density at radius 3 is 2.28 bits per heavy atom. The molecule has 25 heavy (non-hydrogen) atoms. The fourth-order valence-electron chi connectivity index (χ4n) is 3.07. The van der Waals surface area contributed by atoms with Crippen molar-refractivity contribution in [3.05, 3.63) is 17.7 Å². The molecule has 6 heteroatoms. The predicted octanol–water partition coefficient (Wildman–Crippen LogP) is 3.10. The number of methoxy groups -OCH3 is 2. The molecule has 0 aromatic heterocycles. The van der Waals surface area contributed by atoms with Gasteiger partial charge in [0.05, 0.1) is 27.4 Å². The molecule has 0 radical (unpaired) electrons. The van der Waals surface area contributed by atoms with Gasteiger partial charge in [0.25, 0.3) is 0 Å². The van der Waals surface area contributed by atoms with Crippen molar-refractivity contribution in [2.24, 2.45) is 4.99 Å². The Bertz CT molecular complexity index is 544. The third-order valence-corrected chi connectivity index (χ3v) is 4.27. The van der Waals surface area contributed by atoms with Crippen LogP contribution < -0.4 is 24.8 Å². The lowest BCUT2D eigenvalue weighted by molar-refractivity contribution is 0.288. The van der Waals surface area contributed by atoms with Crippen LogP contribution in [-0.2, 0) is 6.54 Å². The summed E-state index contributed by atoms with van der Waals surface area (Å²) < 4.78 is 16.6. The smallest absolute Gasteiger partial charge is 0.203 e. The molecule has 140 valence electrons. The van der Waals surface area contributed by atoms with Gasteiger partial charge in [0.1, 0.15) is 0 Å². The number of hydrogen-bond donors (Lipinski definition) is 2. The van der Waals surface area contributed by atoms with Gasteiger partial charge in [0, 0.05) is 12.6 Å². The maximum Gasteiger partial charge on any atom is 0.203 e. The van der Waals surface area contributed by atoms with Gasteiger partial charge in [0.2, 0.25) is 5.75 Å². The third kappa shape index (κ3) is 5.44. The second-order valence-electron chi connectivity index (χ2n) is 6.08.